The van der Waals surface area contributed by atoms with Crippen LogP contribution in [0.5, 0.6) is 0 Å². The third-order valence-electron chi connectivity index (χ3n) is 1.36. The molecule has 0 aliphatic carbocycles. The highest BCUT2D eigenvalue weighted by Crippen LogP contribution is 2.08. The molecule has 16 heavy (non-hydrogen) atoms. The average molecular weight is 274 g/mol. The molecule has 0 aromatic carbocycles. The summed E-state index contributed by atoms with van der Waals surface area (Å²) in [5.74, 6) is -1.04. The van der Waals surface area contributed by atoms with Crippen molar-refractivity contribution in [3.63, 3.8) is 0 Å². The molecular formula is C6H10O8S2. The molecule has 0 unspecified atom stereocenters. The minimum atomic E-state index is -5.09. The number of hydrogen-bond acceptors (Lipinski definition) is 6. The second-order valence-electron chi connectivity index (χ2n) is 2.84. The molecule has 0 bridgehead atoms. The molecule has 0 saturated carbocycles. The van der Waals surface area contributed by atoms with Gasteiger partial charge in [0, 0.05) is 5.57 Å². The predicted octanol–water partition coefficient (Wildman–Crippen LogP) is -0.793. The van der Waals surface area contributed by atoms with Crippen LogP contribution in [0.15, 0.2) is 12.2 Å². The van der Waals surface area contributed by atoms with E-state index in [1.54, 1.807) is 0 Å². The van der Waals surface area contributed by atoms with E-state index in [0.717, 1.165) is 0 Å². The van der Waals surface area contributed by atoms with Crippen LogP contribution in [0.4, 0.5) is 0 Å². The quantitative estimate of drug-likeness (QED) is 0.378. The molecule has 0 saturated heterocycles. The fourth-order valence-corrected chi connectivity index (χ4v) is 2.30. The van der Waals surface area contributed by atoms with Gasteiger partial charge in [-0.1, -0.05) is 6.58 Å². The van der Waals surface area contributed by atoms with E-state index >= 15 is 0 Å². The van der Waals surface area contributed by atoms with Crippen LogP contribution in [-0.4, -0.2) is 43.1 Å². The van der Waals surface area contributed by atoms with Crippen molar-refractivity contribution in [2.24, 2.45) is 0 Å². The molecule has 0 radical (unpaired) electrons. The van der Waals surface area contributed by atoms with Gasteiger partial charge in [-0.05, 0) is 6.92 Å². The Balaban J connectivity index is 4.89. The van der Waals surface area contributed by atoms with Crippen LogP contribution in [0.1, 0.15) is 6.92 Å². The smallest absolute Gasteiger partial charge is 0.333 e. The van der Waals surface area contributed by atoms with Crippen molar-refractivity contribution in [3.8, 4) is 0 Å². The largest absolute Gasteiger partial charge is 0.460 e. The van der Waals surface area contributed by atoms with Crippen molar-refractivity contribution in [1.82, 2.24) is 0 Å². The van der Waals surface area contributed by atoms with Crippen molar-refractivity contribution in [2.75, 3.05) is 6.61 Å². The normalized spacial score (nSPS) is 12.5. The molecule has 8 nitrogen and oxygen atoms in total. The SMILES string of the molecule is C=C(C)C(=O)OCC(S(=O)(=O)O)S(=O)(=O)O. The van der Waals surface area contributed by atoms with Crippen molar-refractivity contribution >= 4 is 26.2 Å². The molecule has 0 spiro atoms. The first-order valence-corrected chi connectivity index (χ1v) is 6.72. The monoisotopic (exact) mass is 274 g/mol. The Kier molecular flexibility index (Phi) is 4.61. The van der Waals surface area contributed by atoms with Crippen molar-refractivity contribution in [3.05, 3.63) is 12.2 Å². The van der Waals surface area contributed by atoms with Gasteiger partial charge in [0.25, 0.3) is 20.2 Å². The first kappa shape index (κ1) is 15.0. The maximum Gasteiger partial charge on any atom is 0.333 e. The van der Waals surface area contributed by atoms with E-state index in [4.69, 9.17) is 9.11 Å². The Morgan fingerprint density at radius 2 is 1.62 bits per heavy atom. The maximum atomic E-state index is 10.8. The third-order valence-corrected chi connectivity index (χ3v) is 4.42. The number of esters is 1. The molecule has 0 rings (SSSR count). The summed E-state index contributed by atoms with van der Waals surface area (Å²) in [5, 5.41) is 0. The van der Waals surface area contributed by atoms with E-state index in [9.17, 15) is 21.6 Å². The van der Waals surface area contributed by atoms with Crippen molar-refractivity contribution in [2.45, 2.75) is 11.5 Å². The second-order valence-corrected chi connectivity index (χ2v) is 6.33. The van der Waals surface area contributed by atoms with Gasteiger partial charge in [-0.15, -0.1) is 0 Å². The predicted molar refractivity (Wildman–Crippen MR) is 52.7 cm³/mol. The molecule has 0 heterocycles. The number of carbonyl (C=O) groups excluding carboxylic acids is 1. The highest BCUT2D eigenvalue weighted by atomic mass is 32.3. The van der Waals surface area contributed by atoms with Crippen LogP contribution in [-0.2, 0) is 29.8 Å². The topological polar surface area (TPSA) is 135 Å². The van der Waals surface area contributed by atoms with Gasteiger partial charge in [0.05, 0.1) is 0 Å². The van der Waals surface area contributed by atoms with E-state index in [1.807, 2.05) is 0 Å². The van der Waals surface area contributed by atoms with Crippen molar-refractivity contribution < 1.29 is 35.5 Å². The maximum absolute atomic E-state index is 10.8. The molecule has 0 aliphatic rings. The lowest BCUT2D eigenvalue weighted by Crippen LogP contribution is -2.35. The van der Waals surface area contributed by atoms with E-state index in [0.29, 0.717) is 0 Å². The highest BCUT2D eigenvalue weighted by molar-refractivity contribution is 8.04. The Bertz CT molecular complexity index is 453. The fraction of sp³-hybridized carbons (Fsp3) is 0.500. The molecule has 94 valence electrons. The zero-order valence-electron chi connectivity index (χ0n) is 8.15. The van der Waals surface area contributed by atoms with Gasteiger partial charge in [0.1, 0.15) is 6.61 Å². The van der Waals surface area contributed by atoms with Gasteiger partial charge in [-0.3, -0.25) is 9.11 Å². The summed E-state index contributed by atoms with van der Waals surface area (Å²) >= 11 is 0. The lowest BCUT2D eigenvalue weighted by molar-refractivity contribution is -0.138. The number of ether oxygens (including phenoxy) is 1. The second kappa shape index (κ2) is 4.91. The van der Waals surface area contributed by atoms with Crippen LogP contribution < -0.4 is 0 Å². The Hall–Kier alpha value is -0.970. The van der Waals surface area contributed by atoms with Gasteiger partial charge in [0.15, 0.2) is 0 Å². The number of hydrogen-bond donors (Lipinski definition) is 2. The summed E-state index contributed by atoms with van der Waals surface area (Å²) < 4.78 is 60.8. The summed E-state index contributed by atoms with van der Waals surface area (Å²) in [4.78, 5) is 10.8. The molecule has 0 aromatic rings. The number of rotatable bonds is 5. The Morgan fingerprint density at radius 3 is 1.88 bits per heavy atom. The van der Waals surface area contributed by atoms with E-state index < -0.39 is 37.4 Å². The molecule has 0 aromatic heterocycles. The number of carbonyl (C=O) groups is 1. The molecule has 0 aliphatic heterocycles. The zero-order chi connectivity index (χ0) is 13.1. The first-order chi connectivity index (χ1) is 6.96. The standard InChI is InChI=1S/C6H10O8S2/c1-4(2)6(7)14-3-5(15(8,9)10)16(11,12)13/h5H,1,3H2,2H3,(H,8,9,10)(H,11,12,13). The van der Waals surface area contributed by atoms with Crippen LogP contribution in [0.2, 0.25) is 0 Å². The van der Waals surface area contributed by atoms with Gasteiger partial charge in [-0.25, -0.2) is 4.79 Å². The molecular weight excluding hydrogens is 264 g/mol. The molecule has 0 fully saturated rings. The molecule has 0 amide bonds. The van der Waals surface area contributed by atoms with Gasteiger partial charge >= 0.3 is 5.97 Å². The minimum Gasteiger partial charge on any atom is -0.460 e. The summed E-state index contributed by atoms with van der Waals surface area (Å²) in [5.41, 5.74) is -0.0931. The highest BCUT2D eigenvalue weighted by Gasteiger charge is 2.36. The zero-order valence-corrected chi connectivity index (χ0v) is 9.78. The van der Waals surface area contributed by atoms with Gasteiger partial charge < -0.3 is 4.74 Å². The first-order valence-electron chi connectivity index (χ1n) is 3.71. The van der Waals surface area contributed by atoms with Gasteiger partial charge in [-0.2, -0.15) is 16.8 Å². The van der Waals surface area contributed by atoms with Crippen LogP contribution in [0.3, 0.4) is 0 Å². The Morgan fingerprint density at radius 1 is 1.25 bits per heavy atom. The summed E-state index contributed by atoms with van der Waals surface area (Å²) in [6.45, 7) is 3.19. The summed E-state index contributed by atoms with van der Waals surface area (Å²) in [6.07, 6.45) is 0. The van der Waals surface area contributed by atoms with Crippen LogP contribution >= 0.6 is 0 Å². The lowest BCUT2D eigenvalue weighted by atomic mass is 10.4. The fourth-order valence-electron chi connectivity index (χ4n) is 0.593. The lowest BCUT2D eigenvalue weighted by Gasteiger charge is -2.10. The molecule has 10 heteroatoms. The molecule has 0 atom stereocenters. The average Bonchev–Trinajstić information content (AvgIpc) is 1.98. The van der Waals surface area contributed by atoms with Gasteiger partial charge in [0.2, 0.25) is 4.58 Å². The van der Waals surface area contributed by atoms with Crippen molar-refractivity contribution in [1.29, 1.82) is 0 Å². The minimum absolute atomic E-state index is 0.0931. The Labute approximate surface area is 92.4 Å². The third kappa shape index (κ3) is 4.70. The van der Waals surface area contributed by atoms with Crippen LogP contribution in [0, 0.1) is 0 Å². The van der Waals surface area contributed by atoms with E-state index in [-0.39, 0.29) is 5.57 Å². The summed E-state index contributed by atoms with van der Waals surface area (Å²) in [7, 11) is -10.2. The molecule has 2 N–H and O–H groups in total. The van der Waals surface area contributed by atoms with Crippen LogP contribution in [0.25, 0.3) is 0 Å². The van der Waals surface area contributed by atoms with E-state index in [2.05, 4.69) is 11.3 Å². The van der Waals surface area contributed by atoms with E-state index in [1.165, 1.54) is 6.92 Å². The summed E-state index contributed by atoms with van der Waals surface area (Å²) in [6, 6.07) is 0.